The summed E-state index contributed by atoms with van der Waals surface area (Å²) in [5.74, 6) is 1.11. The molecule has 2 saturated heterocycles. The molecular weight excluding hydrogens is 188 g/mol. The number of hydrogen-bond donors (Lipinski definition) is 1. The SMILES string of the molecule is CCCCC(=O)N1CCCC2CNCC21. The molecule has 0 aliphatic carbocycles. The second-order valence-electron chi connectivity index (χ2n) is 4.82. The van der Waals surface area contributed by atoms with E-state index in [-0.39, 0.29) is 0 Å². The number of likely N-dealkylation sites (tertiary alicyclic amines) is 1. The lowest BCUT2D eigenvalue weighted by Gasteiger charge is -2.37. The fourth-order valence-corrected chi connectivity index (χ4v) is 2.85. The molecule has 2 heterocycles. The Labute approximate surface area is 92.2 Å². The van der Waals surface area contributed by atoms with Crippen LogP contribution in [0.5, 0.6) is 0 Å². The molecule has 1 N–H and O–H groups in total. The number of fused-ring (bicyclic) bond motifs is 1. The minimum Gasteiger partial charge on any atom is -0.338 e. The maximum atomic E-state index is 12.0. The van der Waals surface area contributed by atoms with Gasteiger partial charge in [-0.25, -0.2) is 0 Å². The summed E-state index contributed by atoms with van der Waals surface area (Å²) in [5, 5.41) is 3.41. The summed E-state index contributed by atoms with van der Waals surface area (Å²) < 4.78 is 0. The number of nitrogens with one attached hydrogen (secondary N) is 1. The van der Waals surface area contributed by atoms with Gasteiger partial charge in [-0.2, -0.15) is 0 Å². The average Bonchev–Trinajstić information content (AvgIpc) is 2.73. The van der Waals surface area contributed by atoms with Crippen molar-refractivity contribution in [3.8, 4) is 0 Å². The number of carbonyl (C=O) groups is 1. The molecule has 2 fully saturated rings. The first-order valence-corrected chi connectivity index (χ1v) is 6.33. The zero-order chi connectivity index (χ0) is 10.7. The molecule has 2 atom stereocenters. The minimum atomic E-state index is 0.384. The van der Waals surface area contributed by atoms with Crippen molar-refractivity contribution < 1.29 is 4.79 Å². The van der Waals surface area contributed by atoms with Gasteiger partial charge in [0.1, 0.15) is 0 Å². The molecule has 0 aromatic heterocycles. The zero-order valence-electron chi connectivity index (χ0n) is 9.67. The largest absolute Gasteiger partial charge is 0.338 e. The van der Waals surface area contributed by atoms with E-state index in [1.54, 1.807) is 0 Å². The molecule has 0 aromatic carbocycles. The van der Waals surface area contributed by atoms with Gasteiger partial charge in [0.2, 0.25) is 5.91 Å². The van der Waals surface area contributed by atoms with E-state index in [0.29, 0.717) is 11.9 Å². The van der Waals surface area contributed by atoms with Crippen LogP contribution in [0, 0.1) is 5.92 Å². The fourth-order valence-electron chi connectivity index (χ4n) is 2.85. The van der Waals surface area contributed by atoms with Crippen LogP contribution in [-0.2, 0) is 4.79 Å². The van der Waals surface area contributed by atoms with Crippen molar-refractivity contribution in [1.82, 2.24) is 10.2 Å². The van der Waals surface area contributed by atoms with E-state index in [9.17, 15) is 4.79 Å². The van der Waals surface area contributed by atoms with Gasteiger partial charge in [-0.15, -0.1) is 0 Å². The van der Waals surface area contributed by atoms with Gasteiger partial charge in [0.25, 0.3) is 0 Å². The molecule has 0 radical (unpaired) electrons. The van der Waals surface area contributed by atoms with E-state index in [2.05, 4.69) is 17.1 Å². The maximum Gasteiger partial charge on any atom is 0.222 e. The van der Waals surface area contributed by atoms with Crippen molar-refractivity contribution in [2.75, 3.05) is 19.6 Å². The van der Waals surface area contributed by atoms with Gasteiger partial charge in [-0.1, -0.05) is 13.3 Å². The van der Waals surface area contributed by atoms with Crippen LogP contribution < -0.4 is 5.32 Å². The third-order valence-corrected chi connectivity index (χ3v) is 3.74. The predicted octanol–water partition coefficient (Wildman–Crippen LogP) is 1.39. The van der Waals surface area contributed by atoms with Crippen LogP contribution in [0.1, 0.15) is 39.0 Å². The zero-order valence-corrected chi connectivity index (χ0v) is 9.67. The molecule has 3 heteroatoms. The lowest BCUT2D eigenvalue weighted by atomic mass is 9.91. The van der Waals surface area contributed by atoms with Crippen LogP contribution in [0.3, 0.4) is 0 Å². The normalized spacial score (nSPS) is 30.3. The highest BCUT2D eigenvalue weighted by molar-refractivity contribution is 5.76. The Morgan fingerprint density at radius 3 is 3.13 bits per heavy atom. The number of nitrogens with zero attached hydrogens (tertiary/aromatic N) is 1. The van der Waals surface area contributed by atoms with E-state index in [4.69, 9.17) is 0 Å². The van der Waals surface area contributed by atoms with Crippen LogP contribution in [0.25, 0.3) is 0 Å². The van der Waals surface area contributed by atoms with E-state index in [1.807, 2.05) is 0 Å². The Morgan fingerprint density at radius 2 is 2.33 bits per heavy atom. The van der Waals surface area contributed by atoms with Crippen LogP contribution in [0.2, 0.25) is 0 Å². The molecule has 15 heavy (non-hydrogen) atoms. The predicted molar refractivity (Wildman–Crippen MR) is 60.6 cm³/mol. The molecule has 0 bridgehead atoms. The summed E-state index contributed by atoms with van der Waals surface area (Å²) in [6.07, 6.45) is 5.40. The summed E-state index contributed by atoms with van der Waals surface area (Å²) in [5.41, 5.74) is 0. The molecule has 1 amide bonds. The molecule has 3 nitrogen and oxygen atoms in total. The lowest BCUT2D eigenvalue weighted by molar-refractivity contribution is -0.135. The van der Waals surface area contributed by atoms with Crippen LogP contribution in [0.4, 0.5) is 0 Å². The van der Waals surface area contributed by atoms with Gasteiger partial charge in [0, 0.05) is 32.1 Å². The van der Waals surface area contributed by atoms with Crippen molar-refractivity contribution in [3.05, 3.63) is 0 Å². The van der Waals surface area contributed by atoms with Crippen LogP contribution in [0.15, 0.2) is 0 Å². The molecular formula is C12H22N2O. The van der Waals surface area contributed by atoms with E-state index >= 15 is 0 Å². The van der Waals surface area contributed by atoms with E-state index < -0.39 is 0 Å². The molecule has 0 spiro atoms. The van der Waals surface area contributed by atoms with Crippen LogP contribution >= 0.6 is 0 Å². The van der Waals surface area contributed by atoms with Gasteiger partial charge >= 0.3 is 0 Å². The number of rotatable bonds is 3. The highest BCUT2D eigenvalue weighted by atomic mass is 16.2. The number of amides is 1. The topological polar surface area (TPSA) is 32.3 Å². The highest BCUT2D eigenvalue weighted by Gasteiger charge is 2.36. The molecule has 2 rings (SSSR count). The first-order chi connectivity index (χ1) is 7.33. The van der Waals surface area contributed by atoms with Gasteiger partial charge in [0.15, 0.2) is 0 Å². The summed E-state index contributed by atoms with van der Waals surface area (Å²) >= 11 is 0. The molecule has 2 unspecified atom stereocenters. The number of piperidine rings is 1. The van der Waals surface area contributed by atoms with E-state index in [1.165, 1.54) is 12.8 Å². The number of hydrogen-bond acceptors (Lipinski definition) is 2. The third-order valence-electron chi connectivity index (χ3n) is 3.74. The van der Waals surface area contributed by atoms with Crippen molar-refractivity contribution in [2.45, 2.75) is 45.1 Å². The summed E-state index contributed by atoms with van der Waals surface area (Å²) in [6, 6.07) is 0.503. The summed E-state index contributed by atoms with van der Waals surface area (Å²) in [7, 11) is 0. The third kappa shape index (κ3) is 2.33. The van der Waals surface area contributed by atoms with Crippen molar-refractivity contribution in [2.24, 2.45) is 5.92 Å². The number of carbonyl (C=O) groups excluding carboxylic acids is 1. The first-order valence-electron chi connectivity index (χ1n) is 6.33. The van der Waals surface area contributed by atoms with Gasteiger partial charge in [-0.3, -0.25) is 4.79 Å². The van der Waals surface area contributed by atoms with Gasteiger partial charge in [-0.05, 0) is 25.2 Å². The maximum absolute atomic E-state index is 12.0. The molecule has 0 saturated carbocycles. The van der Waals surface area contributed by atoms with Gasteiger partial charge < -0.3 is 10.2 Å². The van der Waals surface area contributed by atoms with Crippen LogP contribution in [-0.4, -0.2) is 36.5 Å². The monoisotopic (exact) mass is 210 g/mol. The average molecular weight is 210 g/mol. The van der Waals surface area contributed by atoms with Crippen molar-refractivity contribution in [1.29, 1.82) is 0 Å². The fraction of sp³-hybridized carbons (Fsp3) is 0.917. The van der Waals surface area contributed by atoms with Crippen molar-refractivity contribution in [3.63, 3.8) is 0 Å². The quantitative estimate of drug-likeness (QED) is 0.763. The molecule has 86 valence electrons. The molecule has 2 aliphatic heterocycles. The summed E-state index contributed by atoms with van der Waals surface area (Å²) in [4.78, 5) is 14.1. The second-order valence-corrected chi connectivity index (χ2v) is 4.82. The Balaban J connectivity index is 1.92. The Morgan fingerprint density at radius 1 is 1.47 bits per heavy atom. The minimum absolute atomic E-state index is 0.384. The van der Waals surface area contributed by atoms with Gasteiger partial charge in [0.05, 0.1) is 0 Å². The lowest BCUT2D eigenvalue weighted by Crippen LogP contribution is -2.48. The standard InChI is InChI=1S/C12H22N2O/c1-2-3-6-12(15)14-7-4-5-10-8-13-9-11(10)14/h10-11,13H,2-9H2,1H3. The smallest absolute Gasteiger partial charge is 0.222 e. The Kier molecular flexibility index (Phi) is 3.62. The number of unbranched alkanes of at least 4 members (excludes halogenated alkanes) is 1. The van der Waals surface area contributed by atoms with E-state index in [0.717, 1.165) is 44.8 Å². The first kappa shape index (κ1) is 10.9. The Hall–Kier alpha value is -0.570. The molecule has 2 aliphatic rings. The highest BCUT2D eigenvalue weighted by Crippen LogP contribution is 2.27. The Bertz CT molecular complexity index is 230. The summed E-state index contributed by atoms with van der Waals surface area (Å²) in [6.45, 7) is 5.26. The van der Waals surface area contributed by atoms with Crippen molar-refractivity contribution >= 4 is 5.91 Å². The second kappa shape index (κ2) is 4.97. The molecule has 0 aromatic rings.